The first kappa shape index (κ1) is 42.0. The molecule has 312 valence electrons. The molecule has 7 rings (SSSR count). The molecule has 0 unspecified atom stereocenters. The van der Waals surface area contributed by atoms with E-state index in [9.17, 15) is 24.8 Å². The molecular weight excluding hydrogens is 763 g/mol. The van der Waals surface area contributed by atoms with Crippen molar-refractivity contribution in [2.75, 3.05) is 44.7 Å². The second-order valence-corrected chi connectivity index (χ2v) is 15.3. The summed E-state index contributed by atoms with van der Waals surface area (Å²) in [7, 11) is 1.30. The molecule has 2 heterocycles. The molecule has 2 saturated heterocycles. The highest BCUT2D eigenvalue weighted by molar-refractivity contribution is 5.83. The summed E-state index contributed by atoms with van der Waals surface area (Å²) < 4.78 is 18.4. The molecule has 3 N–H and O–H groups in total. The van der Waals surface area contributed by atoms with Gasteiger partial charge in [0, 0.05) is 75.0 Å². The van der Waals surface area contributed by atoms with Crippen LogP contribution in [0.25, 0.3) is 11.1 Å². The Balaban J connectivity index is 1.00. The molecule has 2 aliphatic rings. The van der Waals surface area contributed by atoms with E-state index in [1.807, 2.05) is 115 Å². The molecule has 5 atom stereocenters. The van der Waals surface area contributed by atoms with Crippen LogP contribution in [0.1, 0.15) is 47.1 Å². The van der Waals surface area contributed by atoms with Crippen LogP contribution in [-0.4, -0.2) is 78.9 Å². The number of nitrogens with zero attached hydrogens (tertiary/aromatic N) is 3. The number of carbonyl (C=O) groups is 2. The van der Waals surface area contributed by atoms with E-state index in [4.69, 9.17) is 14.2 Å². The molecule has 0 bridgehead atoms. The number of carbonyl (C=O) groups excluding carboxylic acids is 2. The molecule has 60 heavy (non-hydrogen) atoms. The van der Waals surface area contributed by atoms with Crippen molar-refractivity contribution in [1.82, 2.24) is 15.5 Å². The van der Waals surface area contributed by atoms with Gasteiger partial charge in [0.25, 0.3) is 5.69 Å². The van der Waals surface area contributed by atoms with Crippen molar-refractivity contribution < 1.29 is 33.8 Å². The maximum Gasteiger partial charge on any atom is 0.328 e. The Bertz CT molecular complexity index is 2200. The highest BCUT2D eigenvalue weighted by Gasteiger charge is 2.39. The van der Waals surface area contributed by atoms with Crippen molar-refractivity contribution in [1.29, 1.82) is 0 Å². The fraction of sp³-hybridized carbons (Fsp3) is 0.319. The predicted octanol–water partition coefficient (Wildman–Crippen LogP) is 6.95. The fourth-order valence-electron chi connectivity index (χ4n) is 7.83. The maximum absolute atomic E-state index is 12.9. The zero-order chi connectivity index (χ0) is 42.0. The minimum atomic E-state index is -0.827. The largest absolute Gasteiger partial charge is 0.467 e. The van der Waals surface area contributed by atoms with Crippen LogP contribution >= 0.6 is 0 Å². The number of amides is 2. The van der Waals surface area contributed by atoms with Crippen LogP contribution in [0.2, 0.25) is 0 Å². The Kier molecular flexibility index (Phi) is 13.8. The van der Waals surface area contributed by atoms with Gasteiger partial charge in [-0.25, -0.2) is 9.59 Å². The molecule has 13 nitrogen and oxygen atoms in total. The van der Waals surface area contributed by atoms with Gasteiger partial charge in [-0.3, -0.25) is 15.0 Å². The summed E-state index contributed by atoms with van der Waals surface area (Å²) in [5.41, 5.74) is 7.57. The molecule has 0 radical (unpaired) electrons. The van der Waals surface area contributed by atoms with E-state index in [-0.39, 0.29) is 41.9 Å². The topological polar surface area (TPSA) is 156 Å². The van der Waals surface area contributed by atoms with Crippen molar-refractivity contribution in [3.8, 4) is 11.1 Å². The third kappa shape index (κ3) is 10.5. The first-order valence-corrected chi connectivity index (χ1v) is 20.2. The van der Waals surface area contributed by atoms with E-state index in [1.54, 1.807) is 12.1 Å². The highest BCUT2D eigenvalue weighted by Crippen LogP contribution is 2.42. The van der Waals surface area contributed by atoms with Crippen LogP contribution in [0.4, 0.5) is 16.2 Å². The van der Waals surface area contributed by atoms with Crippen molar-refractivity contribution in [2.45, 2.75) is 51.0 Å². The van der Waals surface area contributed by atoms with Crippen LogP contribution in [0, 0.1) is 16.0 Å². The lowest BCUT2D eigenvalue weighted by molar-refractivity contribution is -0.384. The van der Waals surface area contributed by atoms with Crippen LogP contribution in [-0.2, 0) is 38.6 Å². The molecule has 5 aromatic rings. The molecular formula is C47H51N5O8. The summed E-state index contributed by atoms with van der Waals surface area (Å²) in [4.78, 5) is 40.7. The number of urea groups is 1. The number of nitro benzene ring substituents is 1. The Hall–Kier alpha value is -6.12. The van der Waals surface area contributed by atoms with Gasteiger partial charge in [-0.2, -0.15) is 0 Å². The highest BCUT2D eigenvalue weighted by atomic mass is 16.7. The number of piperazine rings is 1. The third-order valence-corrected chi connectivity index (χ3v) is 11.3. The number of nitrogens with one attached hydrogen (secondary N) is 2. The first-order chi connectivity index (χ1) is 29.2. The quantitative estimate of drug-likeness (QED) is 0.0610. The molecule has 13 heteroatoms. The lowest BCUT2D eigenvalue weighted by Crippen LogP contribution is -2.51. The van der Waals surface area contributed by atoms with Gasteiger partial charge in [0.05, 0.1) is 30.8 Å². The van der Waals surface area contributed by atoms with E-state index in [0.717, 1.165) is 70.8 Å². The molecule has 2 amide bonds. The van der Waals surface area contributed by atoms with Gasteiger partial charge in [-0.15, -0.1) is 0 Å². The minimum Gasteiger partial charge on any atom is -0.467 e. The Morgan fingerprint density at radius 3 is 2.17 bits per heavy atom. The maximum atomic E-state index is 12.9. The molecule has 0 aromatic heterocycles. The summed E-state index contributed by atoms with van der Waals surface area (Å²) in [5, 5.41) is 26.4. The van der Waals surface area contributed by atoms with Gasteiger partial charge in [-0.05, 0) is 51.6 Å². The molecule has 0 aliphatic carbocycles. The lowest BCUT2D eigenvalue weighted by Gasteiger charge is -2.44. The number of hydrogen-bond donors (Lipinski definition) is 3. The minimum absolute atomic E-state index is 0.0295. The van der Waals surface area contributed by atoms with Gasteiger partial charge < -0.3 is 34.9 Å². The summed E-state index contributed by atoms with van der Waals surface area (Å²) >= 11 is 0. The van der Waals surface area contributed by atoms with E-state index in [2.05, 4.69) is 27.4 Å². The van der Waals surface area contributed by atoms with Crippen LogP contribution in [0.15, 0.2) is 127 Å². The normalized spacial score (nSPS) is 19.9. The number of ether oxygens (including phenoxy) is 3. The second-order valence-electron chi connectivity index (χ2n) is 15.3. The SMILES string of the molecule is COC(=O)[C@H](Cc1ccccc1)NC(=O)NCc1cccc(-c2ccc([C@H]3O[C@@H](CN4CCN(c5ccc([N+](=O)[O-])cc5)CC4)[C@@H](C)[C@@H](c4ccc(CO)cc4)O3)cc2)c1. The van der Waals surface area contributed by atoms with Gasteiger partial charge in [0.15, 0.2) is 6.29 Å². The van der Waals surface area contributed by atoms with Gasteiger partial charge >= 0.3 is 12.0 Å². The average Bonchev–Trinajstić information content (AvgIpc) is 3.29. The Morgan fingerprint density at radius 1 is 0.817 bits per heavy atom. The van der Waals surface area contributed by atoms with Gasteiger partial charge in [0.1, 0.15) is 6.04 Å². The first-order valence-electron chi connectivity index (χ1n) is 20.2. The molecule has 2 fully saturated rings. The molecule has 5 aromatic carbocycles. The Morgan fingerprint density at radius 2 is 1.50 bits per heavy atom. The van der Waals surface area contributed by atoms with Crippen molar-refractivity contribution in [3.63, 3.8) is 0 Å². The van der Waals surface area contributed by atoms with E-state index >= 15 is 0 Å². The van der Waals surface area contributed by atoms with E-state index in [1.165, 1.54) is 7.11 Å². The number of non-ortho nitro benzene ring substituents is 1. The monoisotopic (exact) mass is 813 g/mol. The van der Waals surface area contributed by atoms with Crippen molar-refractivity contribution >= 4 is 23.4 Å². The summed E-state index contributed by atoms with van der Waals surface area (Å²) in [6.07, 6.45) is -0.689. The number of hydrogen-bond acceptors (Lipinski definition) is 10. The van der Waals surface area contributed by atoms with Crippen molar-refractivity contribution in [3.05, 3.63) is 165 Å². The predicted molar refractivity (Wildman–Crippen MR) is 228 cm³/mol. The van der Waals surface area contributed by atoms with Crippen molar-refractivity contribution in [2.24, 2.45) is 5.92 Å². The lowest BCUT2D eigenvalue weighted by atomic mass is 9.89. The number of aliphatic hydroxyl groups is 1. The van der Waals surface area contributed by atoms with E-state index < -0.39 is 24.3 Å². The molecule has 0 spiro atoms. The number of anilines is 1. The fourth-order valence-corrected chi connectivity index (χ4v) is 7.83. The smallest absolute Gasteiger partial charge is 0.328 e. The molecule has 2 aliphatic heterocycles. The van der Waals surface area contributed by atoms with Gasteiger partial charge in [-0.1, -0.05) is 104 Å². The Labute approximate surface area is 350 Å². The zero-order valence-electron chi connectivity index (χ0n) is 33.8. The number of rotatable bonds is 14. The average molecular weight is 814 g/mol. The number of methoxy groups -OCH3 is 1. The number of benzene rings is 5. The zero-order valence-corrected chi connectivity index (χ0v) is 33.8. The van der Waals surface area contributed by atoms with Crippen LogP contribution in [0.3, 0.4) is 0 Å². The van der Waals surface area contributed by atoms with Crippen LogP contribution < -0.4 is 15.5 Å². The van der Waals surface area contributed by atoms with Crippen LogP contribution in [0.5, 0.6) is 0 Å². The summed E-state index contributed by atoms with van der Waals surface area (Å²) in [5.74, 6) is -0.487. The van der Waals surface area contributed by atoms with Gasteiger partial charge in [0.2, 0.25) is 0 Å². The number of nitro groups is 1. The number of aliphatic hydroxyl groups excluding tert-OH is 1. The van der Waals surface area contributed by atoms with E-state index in [0.29, 0.717) is 13.0 Å². The molecule has 0 saturated carbocycles. The standard InChI is InChI=1S/C47H51N5O8/c1-32-43(30-50-23-25-51(26-24-50)40-19-21-41(22-20-40)52(56)57)59-46(60-44(32)37-13-11-34(31-53)12-14-37)38-17-15-36(16-18-38)39-10-6-9-35(27-39)29-48-47(55)49-42(45(54)58-2)28-33-7-4-3-5-8-33/h3-22,27,32,42-44,46,53H,23-26,28-31H2,1-2H3,(H2,48,49,55)/t32-,42+,43+,44+,46+/m1/s1. The summed E-state index contributed by atoms with van der Waals surface area (Å²) in [6.45, 7) is 6.33. The third-order valence-electron chi connectivity index (χ3n) is 11.3. The number of esters is 1. The summed E-state index contributed by atoms with van der Waals surface area (Å²) in [6, 6.07) is 38.9. The second kappa shape index (κ2) is 19.8.